The largest absolute Gasteiger partial charge is 0.311 e. The monoisotopic (exact) mass is 281 g/mol. The van der Waals surface area contributed by atoms with Crippen LogP contribution in [0.25, 0.3) is 0 Å². The van der Waals surface area contributed by atoms with Gasteiger partial charge < -0.3 is 10.3 Å². The molecular formula is C17H19N3O. The highest BCUT2D eigenvalue weighted by molar-refractivity contribution is 5.37. The Labute approximate surface area is 123 Å². The molecule has 1 aromatic carbocycles. The van der Waals surface area contributed by atoms with Crippen molar-refractivity contribution in [2.24, 2.45) is 0 Å². The van der Waals surface area contributed by atoms with Crippen LogP contribution in [0.3, 0.4) is 0 Å². The molecule has 4 nitrogen and oxygen atoms in total. The van der Waals surface area contributed by atoms with Crippen molar-refractivity contribution >= 4 is 0 Å². The number of nitrogens with zero attached hydrogens (tertiary/aromatic N) is 1. The van der Waals surface area contributed by atoms with E-state index >= 15 is 0 Å². The fourth-order valence-corrected chi connectivity index (χ4v) is 3.55. The lowest BCUT2D eigenvalue weighted by atomic mass is 9.64. The molecule has 0 amide bonds. The summed E-state index contributed by atoms with van der Waals surface area (Å²) in [7, 11) is 0. The number of fused-ring (bicyclic) bond motifs is 1. The SMILES string of the molecule is O=c1[nH]c(C2(c3ccccc3)CCC2)nc2c1CCNC2. The fourth-order valence-electron chi connectivity index (χ4n) is 3.55. The molecule has 0 radical (unpaired) electrons. The minimum absolute atomic E-state index is 0.0544. The van der Waals surface area contributed by atoms with Gasteiger partial charge in [-0.3, -0.25) is 4.79 Å². The molecule has 0 atom stereocenters. The number of aromatic nitrogens is 2. The molecule has 108 valence electrons. The molecule has 1 aliphatic heterocycles. The van der Waals surface area contributed by atoms with Gasteiger partial charge >= 0.3 is 0 Å². The van der Waals surface area contributed by atoms with Gasteiger partial charge in [-0.05, 0) is 31.4 Å². The molecule has 0 saturated heterocycles. The van der Waals surface area contributed by atoms with Crippen molar-refractivity contribution in [2.75, 3.05) is 6.54 Å². The van der Waals surface area contributed by atoms with Crippen molar-refractivity contribution in [1.82, 2.24) is 15.3 Å². The normalized spacial score (nSPS) is 19.6. The Morgan fingerprint density at radius 1 is 1.14 bits per heavy atom. The molecule has 21 heavy (non-hydrogen) atoms. The first-order valence-electron chi connectivity index (χ1n) is 7.68. The Kier molecular flexibility index (Phi) is 2.93. The van der Waals surface area contributed by atoms with Gasteiger partial charge in [-0.1, -0.05) is 36.8 Å². The summed E-state index contributed by atoms with van der Waals surface area (Å²) >= 11 is 0. The molecule has 2 N–H and O–H groups in total. The molecule has 4 rings (SSSR count). The Morgan fingerprint density at radius 3 is 2.67 bits per heavy atom. The van der Waals surface area contributed by atoms with Crippen LogP contribution in [0.15, 0.2) is 35.1 Å². The minimum Gasteiger partial charge on any atom is -0.311 e. The molecule has 0 unspecified atom stereocenters. The van der Waals surface area contributed by atoms with Gasteiger partial charge in [0.25, 0.3) is 5.56 Å². The number of nitrogens with one attached hydrogen (secondary N) is 2. The van der Waals surface area contributed by atoms with E-state index in [-0.39, 0.29) is 11.0 Å². The summed E-state index contributed by atoms with van der Waals surface area (Å²) in [6, 6.07) is 10.5. The van der Waals surface area contributed by atoms with Crippen molar-refractivity contribution in [3.05, 3.63) is 63.3 Å². The van der Waals surface area contributed by atoms with E-state index in [1.54, 1.807) is 0 Å². The highest BCUT2D eigenvalue weighted by Crippen LogP contribution is 2.47. The van der Waals surface area contributed by atoms with E-state index in [4.69, 9.17) is 4.98 Å². The maximum atomic E-state index is 12.4. The first-order valence-corrected chi connectivity index (χ1v) is 7.68. The minimum atomic E-state index is -0.0904. The van der Waals surface area contributed by atoms with Gasteiger partial charge in [-0.25, -0.2) is 4.98 Å². The molecule has 4 heteroatoms. The summed E-state index contributed by atoms with van der Waals surface area (Å²) < 4.78 is 0. The van der Waals surface area contributed by atoms with Gasteiger partial charge in [0.15, 0.2) is 0 Å². The molecule has 2 aromatic rings. The van der Waals surface area contributed by atoms with Crippen molar-refractivity contribution in [3.8, 4) is 0 Å². The first-order chi connectivity index (χ1) is 10.3. The molecule has 1 saturated carbocycles. The van der Waals surface area contributed by atoms with Gasteiger partial charge in [-0.15, -0.1) is 0 Å². The maximum absolute atomic E-state index is 12.4. The molecular weight excluding hydrogens is 262 g/mol. The van der Waals surface area contributed by atoms with Crippen LogP contribution in [0.5, 0.6) is 0 Å². The van der Waals surface area contributed by atoms with Crippen LogP contribution in [-0.2, 0) is 18.4 Å². The van der Waals surface area contributed by atoms with Crippen LogP contribution in [0.4, 0.5) is 0 Å². The molecule has 1 fully saturated rings. The highest BCUT2D eigenvalue weighted by atomic mass is 16.1. The summed E-state index contributed by atoms with van der Waals surface area (Å²) in [5.41, 5.74) is 3.02. The lowest BCUT2D eigenvalue weighted by molar-refractivity contribution is 0.283. The van der Waals surface area contributed by atoms with E-state index in [0.717, 1.165) is 42.9 Å². The highest BCUT2D eigenvalue weighted by Gasteiger charge is 2.43. The van der Waals surface area contributed by atoms with Gasteiger partial charge in [0, 0.05) is 12.1 Å². The molecule has 0 spiro atoms. The third-order valence-electron chi connectivity index (χ3n) is 4.93. The second kappa shape index (κ2) is 4.81. The zero-order valence-electron chi connectivity index (χ0n) is 12.0. The van der Waals surface area contributed by atoms with Crippen molar-refractivity contribution in [3.63, 3.8) is 0 Å². The third kappa shape index (κ3) is 1.94. The van der Waals surface area contributed by atoms with Crippen LogP contribution >= 0.6 is 0 Å². The van der Waals surface area contributed by atoms with Crippen LogP contribution < -0.4 is 10.9 Å². The van der Waals surface area contributed by atoms with Gasteiger partial charge in [0.2, 0.25) is 0 Å². The van der Waals surface area contributed by atoms with Crippen molar-refractivity contribution < 1.29 is 0 Å². The molecule has 1 aliphatic carbocycles. The van der Waals surface area contributed by atoms with Gasteiger partial charge in [-0.2, -0.15) is 0 Å². The maximum Gasteiger partial charge on any atom is 0.254 e. The molecule has 2 aliphatic rings. The number of hydrogen-bond acceptors (Lipinski definition) is 3. The number of hydrogen-bond donors (Lipinski definition) is 2. The fraction of sp³-hybridized carbons (Fsp3) is 0.412. The number of rotatable bonds is 2. The lowest BCUT2D eigenvalue weighted by Gasteiger charge is -2.41. The van der Waals surface area contributed by atoms with Crippen molar-refractivity contribution in [1.29, 1.82) is 0 Å². The Morgan fingerprint density at radius 2 is 1.95 bits per heavy atom. The summed E-state index contributed by atoms with van der Waals surface area (Å²) in [6.07, 6.45) is 4.09. The van der Waals surface area contributed by atoms with E-state index in [1.807, 2.05) is 6.07 Å². The number of benzene rings is 1. The molecule has 2 heterocycles. The van der Waals surface area contributed by atoms with E-state index in [0.29, 0.717) is 6.54 Å². The van der Waals surface area contributed by atoms with E-state index in [1.165, 1.54) is 12.0 Å². The summed E-state index contributed by atoms with van der Waals surface area (Å²) in [5, 5.41) is 3.31. The summed E-state index contributed by atoms with van der Waals surface area (Å²) in [4.78, 5) is 20.3. The zero-order valence-corrected chi connectivity index (χ0v) is 12.0. The first kappa shape index (κ1) is 12.8. The van der Waals surface area contributed by atoms with E-state index in [2.05, 4.69) is 34.6 Å². The summed E-state index contributed by atoms with van der Waals surface area (Å²) in [5.74, 6) is 0.854. The Bertz CT molecular complexity index is 717. The van der Waals surface area contributed by atoms with Crippen LogP contribution in [0.1, 0.15) is 41.9 Å². The third-order valence-corrected chi connectivity index (χ3v) is 4.93. The Hall–Kier alpha value is -1.94. The van der Waals surface area contributed by atoms with Crippen LogP contribution in [0, 0.1) is 0 Å². The second-order valence-corrected chi connectivity index (χ2v) is 6.07. The molecule has 1 aromatic heterocycles. The average molecular weight is 281 g/mol. The zero-order chi connectivity index (χ0) is 14.3. The van der Waals surface area contributed by atoms with E-state index in [9.17, 15) is 4.79 Å². The number of aromatic amines is 1. The Balaban J connectivity index is 1.85. The van der Waals surface area contributed by atoms with E-state index < -0.39 is 0 Å². The topological polar surface area (TPSA) is 57.8 Å². The quantitative estimate of drug-likeness (QED) is 0.883. The molecule has 0 bridgehead atoms. The standard InChI is InChI=1S/C17H19N3O/c21-15-13-7-10-18-11-14(13)19-16(20-15)17(8-4-9-17)12-5-2-1-3-6-12/h1-3,5-6,18H,4,7-11H2,(H,19,20,21). The van der Waals surface area contributed by atoms with Crippen molar-refractivity contribution in [2.45, 2.75) is 37.6 Å². The number of H-pyrrole nitrogens is 1. The van der Waals surface area contributed by atoms with Crippen LogP contribution in [0.2, 0.25) is 0 Å². The average Bonchev–Trinajstić information content (AvgIpc) is 2.47. The van der Waals surface area contributed by atoms with Gasteiger partial charge in [0.05, 0.1) is 11.1 Å². The predicted molar refractivity (Wildman–Crippen MR) is 81.3 cm³/mol. The predicted octanol–water partition coefficient (Wildman–Crippen LogP) is 1.89. The smallest absolute Gasteiger partial charge is 0.254 e. The summed E-state index contributed by atoms with van der Waals surface area (Å²) in [6.45, 7) is 1.57. The second-order valence-electron chi connectivity index (χ2n) is 6.07. The van der Waals surface area contributed by atoms with Crippen LogP contribution in [-0.4, -0.2) is 16.5 Å². The lowest BCUT2D eigenvalue weighted by Crippen LogP contribution is -2.41. The van der Waals surface area contributed by atoms with Gasteiger partial charge in [0.1, 0.15) is 5.82 Å².